The third kappa shape index (κ3) is 1.42. The third-order valence-corrected chi connectivity index (χ3v) is 1.16. The van der Waals surface area contributed by atoms with Gasteiger partial charge in [0.15, 0.2) is 3.84 Å². The number of rotatable bonds is 0. The van der Waals surface area contributed by atoms with E-state index in [1.54, 1.807) is 6.21 Å². The minimum atomic E-state index is 0.807. The Labute approximate surface area is 55.0 Å². The molecule has 0 unspecified atom stereocenters. The minimum absolute atomic E-state index is 0.807. The van der Waals surface area contributed by atoms with Crippen molar-refractivity contribution in [2.24, 2.45) is 10.2 Å². The Morgan fingerprint density at radius 1 is 1.86 bits per heavy atom. The predicted molar refractivity (Wildman–Crippen MR) is 37.9 cm³/mol. The Balaban J connectivity index is 2.57. The summed E-state index contributed by atoms with van der Waals surface area (Å²) in [4.78, 5) is 0. The van der Waals surface area contributed by atoms with Gasteiger partial charge in [-0.05, 0) is 0 Å². The summed E-state index contributed by atoms with van der Waals surface area (Å²) in [6.45, 7) is 0.807. The van der Waals surface area contributed by atoms with Crippen molar-refractivity contribution in [3.63, 3.8) is 0 Å². The van der Waals surface area contributed by atoms with Crippen molar-refractivity contribution in [3.8, 4) is 0 Å². The van der Waals surface area contributed by atoms with Crippen molar-refractivity contribution in [3.05, 3.63) is 0 Å². The van der Waals surface area contributed by atoms with Gasteiger partial charge in [0, 0.05) is 28.8 Å². The molecule has 3 nitrogen and oxygen atoms in total. The molecule has 38 valence electrons. The van der Waals surface area contributed by atoms with Gasteiger partial charge in [0.1, 0.15) is 0 Å². The van der Waals surface area contributed by atoms with Crippen LogP contribution in [0.3, 0.4) is 0 Å². The molecule has 0 aromatic heterocycles. The van der Waals surface area contributed by atoms with Crippen LogP contribution < -0.4 is 5.32 Å². The van der Waals surface area contributed by atoms with Crippen LogP contribution in [0, 0.1) is 0 Å². The maximum atomic E-state index is 3.69. The van der Waals surface area contributed by atoms with E-state index in [9.17, 15) is 0 Å². The first-order chi connectivity index (χ1) is 3.39. The van der Waals surface area contributed by atoms with E-state index in [0.29, 0.717) is 0 Å². The van der Waals surface area contributed by atoms with Crippen molar-refractivity contribution < 1.29 is 0 Å². The maximum absolute atomic E-state index is 3.69. The third-order valence-electron chi connectivity index (χ3n) is 0.566. The van der Waals surface area contributed by atoms with Gasteiger partial charge >= 0.3 is 0 Å². The van der Waals surface area contributed by atoms with Crippen LogP contribution in [0.4, 0.5) is 0 Å². The van der Waals surface area contributed by atoms with Crippen molar-refractivity contribution in [2.45, 2.75) is 0 Å². The molecule has 7 heavy (non-hydrogen) atoms. The topological polar surface area (TPSA) is 36.8 Å². The van der Waals surface area contributed by atoms with E-state index in [0.717, 1.165) is 10.4 Å². The molecule has 0 aromatic carbocycles. The molecule has 0 spiro atoms. The first kappa shape index (κ1) is 5.02. The van der Waals surface area contributed by atoms with E-state index < -0.39 is 0 Å². The van der Waals surface area contributed by atoms with Gasteiger partial charge in [-0.15, -0.1) is 5.10 Å². The minimum Gasteiger partial charge on any atom is -0.359 e. The molecule has 0 aliphatic carbocycles. The molecule has 1 rings (SSSR count). The molecule has 0 aromatic rings. The van der Waals surface area contributed by atoms with Crippen LogP contribution >= 0.6 is 22.6 Å². The Hall–Kier alpha value is -0.130. The van der Waals surface area contributed by atoms with Gasteiger partial charge in [-0.3, -0.25) is 0 Å². The molecule has 1 aliphatic rings. The van der Waals surface area contributed by atoms with Gasteiger partial charge in [-0.2, -0.15) is 5.10 Å². The largest absolute Gasteiger partial charge is 0.359 e. The lowest BCUT2D eigenvalue weighted by Crippen LogP contribution is -2.22. The van der Waals surface area contributed by atoms with E-state index in [1.807, 2.05) is 0 Å². The summed E-state index contributed by atoms with van der Waals surface area (Å²) in [5, 5.41) is 10.3. The van der Waals surface area contributed by atoms with E-state index in [-0.39, 0.29) is 0 Å². The van der Waals surface area contributed by atoms with E-state index >= 15 is 0 Å². The Morgan fingerprint density at radius 3 is 3.00 bits per heavy atom. The van der Waals surface area contributed by atoms with Crippen molar-refractivity contribution in [1.82, 2.24) is 5.32 Å². The monoisotopic (exact) mass is 209 g/mol. The fraction of sp³-hybridized carbons (Fsp3) is 0.333. The highest BCUT2D eigenvalue weighted by molar-refractivity contribution is 14.1. The number of halogens is 1. The molecule has 0 bridgehead atoms. The predicted octanol–water partition coefficient (Wildman–Crippen LogP) is 0.366. The average Bonchev–Trinajstić information content (AvgIpc) is 1.69. The summed E-state index contributed by atoms with van der Waals surface area (Å²) in [6, 6.07) is 0. The molecule has 0 atom stereocenters. The van der Waals surface area contributed by atoms with Gasteiger partial charge in [-0.25, -0.2) is 0 Å². The van der Waals surface area contributed by atoms with Gasteiger partial charge in [0.2, 0.25) is 0 Å². The Kier molecular flexibility index (Phi) is 1.61. The van der Waals surface area contributed by atoms with Crippen LogP contribution in [0.2, 0.25) is 0 Å². The van der Waals surface area contributed by atoms with Gasteiger partial charge in [0.25, 0.3) is 0 Å². The molecule has 0 fully saturated rings. The smallest absolute Gasteiger partial charge is 0.186 e. The lowest BCUT2D eigenvalue weighted by molar-refractivity contribution is 1.04. The summed E-state index contributed by atoms with van der Waals surface area (Å²) in [6.07, 6.45) is 1.72. The molecule has 1 N–H and O–H groups in total. The fourth-order valence-corrected chi connectivity index (χ4v) is 0.642. The lowest BCUT2D eigenvalue weighted by atomic mass is 10.7. The molecule has 1 aliphatic heterocycles. The first-order valence-electron chi connectivity index (χ1n) is 1.88. The molecule has 1 heterocycles. The first-order valence-corrected chi connectivity index (χ1v) is 2.96. The van der Waals surface area contributed by atoms with E-state index in [1.165, 1.54) is 0 Å². The molecule has 0 saturated heterocycles. The molecule has 0 radical (unpaired) electrons. The summed E-state index contributed by atoms with van der Waals surface area (Å²) >= 11 is 2.08. The zero-order valence-electron chi connectivity index (χ0n) is 3.56. The lowest BCUT2D eigenvalue weighted by Gasteiger charge is -1.99. The Bertz CT molecular complexity index is 117. The second-order valence-electron chi connectivity index (χ2n) is 1.07. The van der Waals surface area contributed by atoms with Gasteiger partial charge in [-0.1, -0.05) is 0 Å². The summed E-state index contributed by atoms with van der Waals surface area (Å²) in [5.74, 6) is 0. The highest BCUT2D eigenvalue weighted by atomic mass is 127. The number of hydrogen-bond acceptors (Lipinski definition) is 3. The van der Waals surface area contributed by atoms with Gasteiger partial charge in [0.05, 0.1) is 6.54 Å². The summed E-state index contributed by atoms with van der Waals surface area (Å²) in [7, 11) is 0. The fourth-order valence-electron chi connectivity index (χ4n) is 0.298. The molecule has 0 saturated carbocycles. The van der Waals surface area contributed by atoms with Crippen LogP contribution in [0.5, 0.6) is 0 Å². The van der Waals surface area contributed by atoms with E-state index in [4.69, 9.17) is 0 Å². The molecular weight excluding hydrogens is 205 g/mol. The normalized spacial score (nSPS) is 18.1. The molecule has 4 heteroatoms. The molecule has 0 amide bonds. The van der Waals surface area contributed by atoms with Crippen LogP contribution in [0.15, 0.2) is 10.2 Å². The standard InChI is InChI=1S/C3H4IN3/c4-3-5-1-2-6-7-3/h2H,1H2,(H,5,7). The summed E-state index contributed by atoms with van der Waals surface area (Å²) < 4.78 is 0.861. The number of nitrogens with zero attached hydrogens (tertiary/aromatic N) is 2. The second kappa shape index (κ2) is 2.25. The van der Waals surface area contributed by atoms with Crippen molar-refractivity contribution in [1.29, 1.82) is 0 Å². The SMILES string of the molecule is IC1=NN=CCN1. The number of nitrogens with one attached hydrogen (secondary N) is 1. The summed E-state index contributed by atoms with van der Waals surface area (Å²) in [5.41, 5.74) is 0. The van der Waals surface area contributed by atoms with Crippen LogP contribution in [0.25, 0.3) is 0 Å². The zero-order valence-corrected chi connectivity index (χ0v) is 5.71. The average molecular weight is 209 g/mol. The van der Waals surface area contributed by atoms with Crippen molar-refractivity contribution in [2.75, 3.05) is 6.54 Å². The second-order valence-corrected chi connectivity index (χ2v) is 2.09. The molecular formula is C3H4IN3. The van der Waals surface area contributed by atoms with Crippen molar-refractivity contribution >= 4 is 32.6 Å². The Morgan fingerprint density at radius 2 is 2.71 bits per heavy atom. The van der Waals surface area contributed by atoms with Crippen LogP contribution in [0.1, 0.15) is 0 Å². The maximum Gasteiger partial charge on any atom is 0.186 e. The highest BCUT2D eigenvalue weighted by Crippen LogP contribution is 1.88. The van der Waals surface area contributed by atoms with Crippen LogP contribution in [-0.2, 0) is 0 Å². The zero-order chi connectivity index (χ0) is 5.11. The quantitative estimate of drug-likeness (QED) is 0.454. The van der Waals surface area contributed by atoms with Crippen LogP contribution in [-0.4, -0.2) is 16.6 Å². The number of hydrogen-bond donors (Lipinski definition) is 1. The van der Waals surface area contributed by atoms with Gasteiger partial charge < -0.3 is 5.32 Å². The number of amidine groups is 1. The highest BCUT2D eigenvalue weighted by Gasteiger charge is 1.90. The van der Waals surface area contributed by atoms with E-state index in [2.05, 4.69) is 38.1 Å².